The zero-order valence-electron chi connectivity index (χ0n) is 18.2. The summed E-state index contributed by atoms with van der Waals surface area (Å²) in [5.74, 6) is -0.640. The normalized spacial score (nSPS) is 15.0. The van der Waals surface area contributed by atoms with Gasteiger partial charge >= 0.3 is 11.9 Å². The van der Waals surface area contributed by atoms with E-state index < -0.39 is 22.4 Å². The van der Waals surface area contributed by atoms with Crippen LogP contribution in [0.2, 0.25) is 0 Å². The van der Waals surface area contributed by atoms with E-state index in [1.165, 1.54) is 17.0 Å². The number of hydrogen-bond acceptors (Lipinski definition) is 6. The van der Waals surface area contributed by atoms with Crippen molar-refractivity contribution < 1.29 is 27.6 Å². The second kappa shape index (κ2) is 10.0. The van der Waals surface area contributed by atoms with Gasteiger partial charge in [0.15, 0.2) is 4.32 Å². The summed E-state index contributed by atoms with van der Waals surface area (Å²) in [7, 11) is 0. The molecule has 0 aromatic heterocycles. The van der Waals surface area contributed by atoms with Crippen LogP contribution in [0.25, 0.3) is 6.08 Å². The van der Waals surface area contributed by atoms with Crippen molar-refractivity contribution in [1.82, 2.24) is 0 Å². The van der Waals surface area contributed by atoms with Crippen LogP contribution in [0.5, 0.6) is 11.5 Å². The van der Waals surface area contributed by atoms with Crippen LogP contribution in [0, 0.1) is 17.0 Å². The van der Waals surface area contributed by atoms with Crippen molar-refractivity contribution in [3.05, 3.63) is 96.8 Å². The Kier molecular flexibility index (Phi) is 7.21. The van der Waals surface area contributed by atoms with E-state index in [0.29, 0.717) is 32.2 Å². The highest BCUT2D eigenvalue weighted by atomic mass is 79.9. The number of anilines is 1. The molecule has 1 aliphatic heterocycles. The van der Waals surface area contributed by atoms with Crippen LogP contribution in [0.15, 0.2) is 70.0 Å². The first-order valence-electron chi connectivity index (χ1n) is 10.1. The van der Waals surface area contributed by atoms with Gasteiger partial charge in [-0.25, -0.2) is 0 Å². The number of hydrogen-bond donors (Lipinski definition) is 0. The van der Waals surface area contributed by atoms with Crippen LogP contribution >= 0.6 is 39.9 Å². The molecule has 1 amide bonds. The second-order valence-corrected chi connectivity index (χ2v) is 10.2. The molecule has 6 nitrogen and oxygen atoms in total. The Labute approximate surface area is 221 Å². The molecule has 0 unspecified atom stereocenters. The Morgan fingerprint density at radius 3 is 2.39 bits per heavy atom. The Morgan fingerprint density at radius 1 is 1.08 bits per heavy atom. The van der Waals surface area contributed by atoms with Gasteiger partial charge in [0.1, 0.15) is 5.75 Å². The SMILES string of the molecule is Cc1ccc(N2C(=O)/C(=C/c3cc(Br)ccc3Oc3ccc(C(F)(F)F)cc3[N+](=O)[O-])SC2=S)cc1. The average molecular weight is 595 g/mol. The molecule has 0 radical (unpaired) electrons. The highest BCUT2D eigenvalue weighted by Gasteiger charge is 2.35. The minimum Gasteiger partial charge on any atom is -0.449 e. The third-order valence-electron chi connectivity index (χ3n) is 5.05. The molecule has 4 rings (SSSR count). The van der Waals surface area contributed by atoms with Crippen molar-refractivity contribution in [3.8, 4) is 11.5 Å². The third-order valence-corrected chi connectivity index (χ3v) is 6.84. The number of carbonyl (C=O) groups excluding carboxylic acids is 1. The molecule has 1 saturated heterocycles. The van der Waals surface area contributed by atoms with Crippen molar-refractivity contribution in [3.63, 3.8) is 0 Å². The molecule has 12 heteroatoms. The number of alkyl halides is 3. The smallest absolute Gasteiger partial charge is 0.416 e. The summed E-state index contributed by atoms with van der Waals surface area (Å²) in [4.78, 5) is 25.3. The zero-order valence-corrected chi connectivity index (χ0v) is 21.4. The van der Waals surface area contributed by atoms with E-state index in [4.69, 9.17) is 17.0 Å². The van der Waals surface area contributed by atoms with Crippen molar-refractivity contribution in [2.45, 2.75) is 13.1 Å². The number of rotatable bonds is 5. The summed E-state index contributed by atoms with van der Waals surface area (Å²) in [6, 6.07) is 14.0. The predicted octanol–water partition coefficient (Wildman–Crippen LogP) is 7.88. The largest absolute Gasteiger partial charge is 0.449 e. The summed E-state index contributed by atoms with van der Waals surface area (Å²) < 4.78 is 45.8. The second-order valence-electron chi connectivity index (χ2n) is 7.57. The fraction of sp³-hybridized carbons (Fsp3) is 0.0833. The molecule has 184 valence electrons. The highest BCUT2D eigenvalue weighted by molar-refractivity contribution is 9.10. The molecular weight excluding hydrogens is 581 g/mol. The molecule has 36 heavy (non-hydrogen) atoms. The van der Waals surface area contributed by atoms with Crippen LogP contribution in [-0.4, -0.2) is 15.2 Å². The van der Waals surface area contributed by atoms with E-state index in [-0.39, 0.29) is 22.3 Å². The topological polar surface area (TPSA) is 72.7 Å². The molecule has 1 fully saturated rings. The van der Waals surface area contributed by atoms with Crippen LogP contribution < -0.4 is 9.64 Å². The van der Waals surface area contributed by atoms with Crippen LogP contribution in [-0.2, 0) is 11.0 Å². The summed E-state index contributed by atoms with van der Waals surface area (Å²) in [6.07, 6.45) is -3.23. The lowest BCUT2D eigenvalue weighted by Crippen LogP contribution is -2.27. The number of aryl methyl sites for hydroxylation is 1. The van der Waals surface area contributed by atoms with Gasteiger partial charge in [-0.2, -0.15) is 13.2 Å². The molecule has 3 aromatic carbocycles. The standard InChI is InChI=1S/C24H14BrF3N2O4S2/c1-13-2-6-17(7-3-13)29-22(31)21(36-23(29)35)11-14-10-16(25)5-9-19(14)34-20-8-4-15(24(26,27)28)12-18(20)30(32)33/h2-12H,1H3/b21-11-. The zero-order chi connectivity index (χ0) is 26.2. The van der Waals surface area contributed by atoms with Crippen molar-refractivity contribution in [1.29, 1.82) is 0 Å². The van der Waals surface area contributed by atoms with Gasteiger partial charge in [0, 0.05) is 16.1 Å². The van der Waals surface area contributed by atoms with Gasteiger partial charge in [0.05, 0.1) is 21.1 Å². The average Bonchev–Trinajstić information content (AvgIpc) is 3.08. The molecule has 0 spiro atoms. The molecular formula is C24H14BrF3N2O4S2. The summed E-state index contributed by atoms with van der Waals surface area (Å²) in [6.45, 7) is 1.92. The Morgan fingerprint density at radius 2 is 1.75 bits per heavy atom. The maximum Gasteiger partial charge on any atom is 0.416 e. The van der Waals surface area contributed by atoms with Gasteiger partial charge in [0.25, 0.3) is 5.91 Å². The first-order valence-corrected chi connectivity index (χ1v) is 12.1. The van der Waals surface area contributed by atoms with Gasteiger partial charge in [-0.3, -0.25) is 19.8 Å². The first kappa shape index (κ1) is 25.9. The molecule has 1 aliphatic rings. The van der Waals surface area contributed by atoms with E-state index in [9.17, 15) is 28.1 Å². The molecule has 0 aliphatic carbocycles. The molecule has 0 saturated carbocycles. The minimum absolute atomic E-state index is 0.0988. The lowest BCUT2D eigenvalue weighted by atomic mass is 10.1. The van der Waals surface area contributed by atoms with Crippen LogP contribution in [0.3, 0.4) is 0 Å². The number of nitrogens with zero attached hydrogens (tertiary/aromatic N) is 2. The Hall–Kier alpha value is -3.22. The van der Waals surface area contributed by atoms with Crippen molar-refractivity contribution >= 4 is 67.6 Å². The molecule has 3 aromatic rings. The van der Waals surface area contributed by atoms with E-state index in [1.54, 1.807) is 24.3 Å². The molecule has 1 heterocycles. The predicted molar refractivity (Wildman–Crippen MR) is 139 cm³/mol. The van der Waals surface area contributed by atoms with E-state index in [1.807, 2.05) is 19.1 Å². The minimum atomic E-state index is -4.75. The van der Waals surface area contributed by atoms with Crippen molar-refractivity contribution in [2.75, 3.05) is 4.90 Å². The number of amides is 1. The first-order chi connectivity index (χ1) is 16.9. The summed E-state index contributed by atoms with van der Waals surface area (Å²) in [5, 5.41) is 11.5. The maximum absolute atomic E-state index is 13.1. The maximum atomic E-state index is 13.1. The fourth-order valence-electron chi connectivity index (χ4n) is 3.29. The number of thiocarbonyl (C=S) groups is 1. The number of nitro benzene ring substituents is 1. The number of ether oxygens (including phenoxy) is 1. The van der Waals surface area contributed by atoms with Crippen LogP contribution in [0.4, 0.5) is 24.5 Å². The highest BCUT2D eigenvalue weighted by Crippen LogP contribution is 2.41. The molecule has 0 atom stereocenters. The van der Waals surface area contributed by atoms with Crippen molar-refractivity contribution in [2.24, 2.45) is 0 Å². The van der Waals surface area contributed by atoms with Gasteiger partial charge in [-0.05, 0) is 55.5 Å². The summed E-state index contributed by atoms with van der Waals surface area (Å²) >= 11 is 9.81. The third kappa shape index (κ3) is 5.45. The fourth-order valence-corrected chi connectivity index (χ4v) is 4.96. The number of halogens is 4. The lowest BCUT2D eigenvalue weighted by molar-refractivity contribution is -0.385. The van der Waals surface area contributed by atoms with E-state index in [2.05, 4.69) is 15.9 Å². The van der Waals surface area contributed by atoms with E-state index >= 15 is 0 Å². The van der Waals surface area contributed by atoms with E-state index in [0.717, 1.165) is 23.4 Å². The number of nitro groups is 1. The van der Waals surface area contributed by atoms with Gasteiger partial charge in [0.2, 0.25) is 5.75 Å². The number of benzene rings is 3. The van der Waals surface area contributed by atoms with Gasteiger partial charge in [-0.1, -0.05) is 57.6 Å². The molecule has 0 N–H and O–H groups in total. The number of thioether (sulfide) groups is 1. The Balaban J connectivity index is 1.70. The lowest BCUT2D eigenvalue weighted by Gasteiger charge is -2.14. The Bertz CT molecular complexity index is 1430. The van der Waals surface area contributed by atoms with Crippen LogP contribution in [0.1, 0.15) is 16.7 Å². The van der Waals surface area contributed by atoms with Gasteiger partial charge in [-0.15, -0.1) is 0 Å². The van der Waals surface area contributed by atoms with Gasteiger partial charge < -0.3 is 4.74 Å². The quantitative estimate of drug-likeness (QED) is 0.129. The number of carbonyl (C=O) groups is 1. The summed E-state index contributed by atoms with van der Waals surface area (Å²) in [5.41, 5.74) is -0.0182. The monoisotopic (exact) mass is 594 g/mol. The molecule has 0 bridgehead atoms.